The average molecular weight is 606 g/mol. The third-order valence-corrected chi connectivity index (χ3v) is 8.61. The van der Waals surface area contributed by atoms with Gasteiger partial charge in [-0.3, -0.25) is 13.9 Å². The van der Waals surface area contributed by atoms with Crippen molar-refractivity contribution in [3.05, 3.63) is 113 Å². The van der Waals surface area contributed by atoms with E-state index in [0.717, 1.165) is 34.4 Å². The molecule has 0 saturated carbocycles. The summed E-state index contributed by atoms with van der Waals surface area (Å²) in [6.07, 6.45) is 3.03. The van der Waals surface area contributed by atoms with Gasteiger partial charge in [-0.25, -0.2) is 8.42 Å². The van der Waals surface area contributed by atoms with Crippen LogP contribution in [0.2, 0.25) is 5.02 Å². The summed E-state index contributed by atoms with van der Waals surface area (Å²) >= 11 is 6.51. The molecule has 0 aliphatic rings. The number of hydrogen-bond donors (Lipinski definition) is 1. The lowest BCUT2D eigenvalue weighted by Gasteiger charge is -2.34. The van der Waals surface area contributed by atoms with E-state index in [9.17, 15) is 18.0 Å². The molecule has 0 heterocycles. The minimum absolute atomic E-state index is 0.0321. The Hall–Kier alpha value is -3.88. The molecule has 0 aromatic heterocycles. The van der Waals surface area contributed by atoms with E-state index < -0.39 is 28.5 Å². The first-order chi connectivity index (χ1) is 20.2. The van der Waals surface area contributed by atoms with Crippen molar-refractivity contribution >= 4 is 49.9 Å². The zero-order valence-electron chi connectivity index (χ0n) is 23.9. The number of rotatable bonds is 13. The van der Waals surface area contributed by atoms with Crippen LogP contribution in [0, 0.1) is 0 Å². The third kappa shape index (κ3) is 7.89. The van der Waals surface area contributed by atoms with Crippen LogP contribution in [-0.2, 0) is 32.6 Å². The molecule has 0 aliphatic heterocycles. The van der Waals surface area contributed by atoms with Crippen LogP contribution < -0.4 is 9.62 Å². The molecular formula is C33H36ClN3O4S. The fraction of sp³-hybridized carbons (Fsp3) is 0.273. The molecule has 4 aromatic rings. The maximum absolute atomic E-state index is 14.3. The molecule has 0 fully saturated rings. The van der Waals surface area contributed by atoms with Gasteiger partial charge in [-0.1, -0.05) is 110 Å². The van der Waals surface area contributed by atoms with E-state index in [1.54, 1.807) is 30.3 Å². The molecule has 2 amide bonds. The van der Waals surface area contributed by atoms with Gasteiger partial charge in [0.25, 0.3) is 0 Å². The Morgan fingerprint density at radius 1 is 0.881 bits per heavy atom. The highest BCUT2D eigenvalue weighted by atomic mass is 35.5. The molecule has 0 saturated heterocycles. The topological polar surface area (TPSA) is 86.8 Å². The molecule has 4 aromatic carbocycles. The van der Waals surface area contributed by atoms with Crippen LogP contribution in [0.25, 0.3) is 10.8 Å². The molecule has 1 atom stereocenters. The number of fused-ring (bicyclic) bond motifs is 1. The zero-order chi connectivity index (χ0) is 30.1. The summed E-state index contributed by atoms with van der Waals surface area (Å²) in [6.45, 7) is 2.06. The molecule has 220 valence electrons. The number of nitrogens with one attached hydrogen (secondary N) is 1. The molecular weight excluding hydrogens is 570 g/mol. The minimum Gasteiger partial charge on any atom is -0.354 e. The van der Waals surface area contributed by atoms with E-state index in [-0.39, 0.29) is 18.9 Å². The molecule has 0 spiro atoms. The number of amides is 2. The Bertz CT molecular complexity index is 1620. The number of sulfonamides is 1. The number of halogens is 1. The van der Waals surface area contributed by atoms with Crippen molar-refractivity contribution in [2.24, 2.45) is 0 Å². The number of unbranched alkanes of at least 4 members (excludes halogenated alkanes) is 1. The van der Waals surface area contributed by atoms with E-state index >= 15 is 0 Å². The maximum Gasteiger partial charge on any atom is 0.244 e. The van der Waals surface area contributed by atoms with Gasteiger partial charge in [0.1, 0.15) is 12.6 Å². The third-order valence-electron chi connectivity index (χ3n) is 7.11. The van der Waals surface area contributed by atoms with Gasteiger partial charge in [0, 0.05) is 29.9 Å². The summed E-state index contributed by atoms with van der Waals surface area (Å²) in [5.74, 6) is -0.816. The van der Waals surface area contributed by atoms with Crippen molar-refractivity contribution in [1.29, 1.82) is 0 Å². The van der Waals surface area contributed by atoms with E-state index in [0.29, 0.717) is 28.2 Å². The van der Waals surface area contributed by atoms with Crippen LogP contribution in [0.1, 0.15) is 30.9 Å². The second-order valence-corrected chi connectivity index (χ2v) is 12.5. The predicted octanol–water partition coefficient (Wildman–Crippen LogP) is 5.82. The number of anilines is 1. The van der Waals surface area contributed by atoms with Gasteiger partial charge >= 0.3 is 0 Å². The monoisotopic (exact) mass is 605 g/mol. The van der Waals surface area contributed by atoms with Crippen LogP contribution in [-0.4, -0.2) is 50.5 Å². The SMILES string of the molecule is CCCCNC(=O)[C@H](Cc1ccccc1)N(Cc1ccccc1Cl)C(=O)CN(c1cccc2ccccc12)S(C)(=O)=O. The summed E-state index contributed by atoms with van der Waals surface area (Å²) in [6, 6.07) is 28.5. The standard InChI is InChI=1S/C33H36ClN3O4S/c1-3-4-21-35-33(39)31(22-25-13-6-5-7-14-25)36(23-27-16-9-11-19-29(27)34)32(38)24-37(42(2,40)41)30-20-12-17-26-15-8-10-18-28(26)30/h5-20,31H,3-4,21-24H2,1-2H3,(H,35,39)/t31-/m0/s1. The van der Waals surface area contributed by atoms with Gasteiger partial charge in [0.05, 0.1) is 11.9 Å². The van der Waals surface area contributed by atoms with Crippen LogP contribution in [0.4, 0.5) is 5.69 Å². The lowest BCUT2D eigenvalue weighted by Crippen LogP contribution is -2.53. The number of carbonyl (C=O) groups excluding carboxylic acids is 2. The first kappa shape index (κ1) is 31.1. The lowest BCUT2D eigenvalue weighted by atomic mass is 10.0. The molecule has 0 radical (unpaired) electrons. The normalized spacial score (nSPS) is 12.1. The van der Waals surface area contributed by atoms with Crippen LogP contribution in [0.3, 0.4) is 0 Å². The summed E-state index contributed by atoms with van der Waals surface area (Å²) in [4.78, 5) is 29.4. The molecule has 7 nitrogen and oxygen atoms in total. The van der Waals surface area contributed by atoms with Gasteiger partial charge in [-0.15, -0.1) is 0 Å². The van der Waals surface area contributed by atoms with Crippen molar-refractivity contribution in [2.45, 2.75) is 38.8 Å². The zero-order valence-corrected chi connectivity index (χ0v) is 25.4. The smallest absolute Gasteiger partial charge is 0.244 e. The van der Waals surface area contributed by atoms with Crippen molar-refractivity contribution in [3.63, 3.8) is 0 Å². The molecule has 0 bridgehead atoms. The summed E-state index contributed by atoms with van der Waals surface area (Å²) in [5.41, 5.74) is 1.93. The Morgan fingerprint density at radius 2 is 1.55 bits per heavy atom. The second kappa shape index (κ2) is 14.3. The lowest BCUT2D eigenvalue weighted by molar-refractivity contribution is -0.140. The fourth-order valence-electron chi connectivity index (χ4n) is 4.89. The van der Waals surface area contributed by atoms with E-state index in [2.05, 4.69) is 5.32 Å². The number of benzene rings is 4. The summed E-state index contributed by atoms with van der Waals surface area (Å²) in [5, 5.41) is 4.99. The number of hydrogen-bond acceptors (Lipinski definition) is 4. The summed E-state index contributed by atoms with van der Waals surface area (Å²) in [7, 11) is -3.88. The minimum atomic E-state index is -3.88. The molecule has 0 unspecified atom stereocenters. The first-order valence-electron chi connectivity index (χ1n) is 14.0. The van der Waals surface area contributed by atoms with Gasteiger partial charge < -0.3 is 10.2 Å². The Morgan fingerprint density at radius 3 is 2.26 bits per heavy atom. The van der Waals surface area contributed by atoms with Crippen molar-refractivity contribution in [1.82, 2.24) is 10.2 Å². The highest BCUT2D eigenvalue weighted by molar-refractivity contribution is 7.92. The average Bonchev–Trinajstić information content (AvgIpc) is 2.98. The largest absolute Gasteiger partial charge is 0.354 e. The van der Waals surface area contributed by atoms with Gasteiger partial charge in [-0.2, -0.15) is 0 Å². The Balaban J connectivity index is 1.77. The summed E-state index contributed by atoms with van der Waals surface area (Å²) < 4.78 is 27.5. The van der Waals surface area contributed by atoms with Crippen molar-refractivity contribution < 1.29 is 18.0 Å². The molecule has 4 rings (SSSR count). The van der Waals surface area contributed by atoms with Gasteiger partial charge in [0.2, 0.25) is 21.8 Å². The van der Waals surface area contributed by atoms with Gasteiger partial charge in [-0.05, 0) is 35.1 Å². The number of nitrogens with zero attached hydrogens (tertiary/aromatic N) is 2. The molecule has 42 heavy (non-hydrogen) atoms. The molecule has 0 aliphatic carbocycles. The quantitative estimate of drug-likeness (QED) is 0.195. The Kier molecular flexibility index (Phi) is 10.6. The van der Waals surface area contributed by atoms with E-state index in [1.807, 2.05) is 73.7 Å². The van der Waals surface area contributed by atoms with Crippen molar-refractivity contribution in [3.8, 4) is 0 Å². The fourth-order valence-corrected chi connectivity index (χ4v) is 5.95. The van der Waals surface area contributed by atoms with Crippen molar-refractivity contribution in [2.75, 3.05) is 23.7 Å². The van der Waals surface area contributed by atoms with E-state index in [1.165, 1.54) is 4.90 Å². The second-order valence-electron chi connectivity index (χ2n) is 10.2. The Labute approximate surface area is 253 Å². The van der Waals surface area contributed by atoms with Crippen LogP contribution >= 0.6 is 11.6 Å². The molecule has 9 heteroatoms. The number of carbonyl (C=O) groups is 2. The van der Waals surface area contributed by atoms with E-state index in [4.69, 9.17) is 11.6 Å². The maximum atomic E-state index is 14.3. The van der Waals surface area contributed by atoms with Crippen LogP contribution in [0.5, 0.6) is 0 Å². The first-order valence-corrected chi connectivity index (χ1v) is 16.2. The molecule has 1 N–H and O–H groups in total. The van der Waals surface area contributed by atoms with Gasteiger partial charge in [0.15, 0.2) is 0 Å². The predicted molar refractivity (Wildman–Crippen MR) is 170 cm³/mol. The van der Waals surface area contributed by atoms with Crippen LogP contribution in [0.15, 0.2) is 97.1 Å². The highest BCUT2D eigenvalue weighted by Crippen LogP contribution is 2.29. The highest BCUT2D eigenvalue weighted by Gasteiger charge is 2.33.